The smallest absolute Gasteiger partial charge is 0.254 e. The number of rotatable bonds is 12. The normalized spacial score (nSPS) is 19.2. The molecule has 7 heteroatoms. The first kappa shape index (κ1) is 21.6. The lowest BCUT2D eigenvalue weighted by atomic mass is 10.1. The Morgan fingerprint density at radius 1 is 1.18 bits per heavy atom. The van der Waals surface area contributed by atoms with Gasteiger partial charge in [-0.1, -0.05) is 6.07 Å². The fraction of sp³-hybridized carbons (Fsp3) is 0.667. The Labute approximate surface area is 172 Å². The second-order valence-electron chi connectivity index (χ2n) is 7.28. The molecular weight excluding hydrogens is 374 g/mol. The Morgan fingerprint density at radius 2 is 2.00 bits per heavy atom. The first-order chi connectivity index (χ1) is 13.8. The molecule has 1 unspecified atom stereocenters. The van der Waals surface area contributed by atoms with Crippen molar-refractivity contribution in [3.8, 4) is 0 Å². The molecule has 2 heterocycles. The summed E-state index contributed by atoms with van der Waals surface area (Å²) in [6.45, 7) is 6.11. The number of amides is 1. The molecule has 1 atom stereocenters. The summed E-state index contributed by atoms with van der Waals surface area (Å²) < 4.78 is 11.0. The van der Waals surface area contributed by atoms with Gasteiger partial charge in [0.05, 0.1) is 13.2 Å². The van der Waals surface area contributed by atoms with Gasteiger partial charge in [-0.05, 0) is 56.5 Å². The monoisotopic (exact) mass is 407 g/mol. The van der Waals surface area contributed by atoms with Crippen molar-refractivity contribution in [3.05, 3.63) is 29.3 Å². The molecule has 0 saturated carbocycles. The molecule has 0 aliphatic carbocycles. The number of nitrogens with zero attached hydrogens (tertiary/aromatic N) is 1. The van der Waals surface area contributed by atoms with Crippen LogP contribution in [0, 0.1) is 0 Å². The van der Waals surface area contributed by atoms with Crippen molar-refractivity contribution in [2.45, 2.75) is 43.2 Å². The zero-order chi connectivity index (χ0) is 19.6. The standard InChI is InChI=1S/C21H33N3O3S/c22-8-3-10-26-12-13-27-11-4-14-28-20-7-1-6-18-19(20)16-24(21(18)25)17-5-2-9-23-15-17/h1,6-7,17,23H,2-5,8-16,22H2. The van der Waals surface area contributed by atoms with Crippen LogP contribution in [0.4, 0.5) is 0 Å². The van der Waals surface area contributed by atoms with Crippen LogP contribution >= 0.6 is 11.8 Å². The van der Waals surface area contributed by atoms with Crippen molar-refractivity contribution in [1.82, 2.24) is 10.2 Å². The lowest BCUT2D eigenvalue weighted by Gasteiger charge is -2.31. The van der Waals surface area contributed by atoms with Gasteiger partial charge in [0.2, 0.25) is 0 Å². The molecule has 156 valence electrons. The molecule has 28 heavy (non-hydrogen) atoms. The second kappa shape index (κ2) is 11.8. The molecule has 1 saturated heterocycles. The third-order valence-corrected chi connectivity index (χ3v) is 6.41. The maximum atomic E-state index is 12.8. The molecule has 1 aromatic rings. The predicted molar refractivity (Wildman–Crippen MR) is 113 cm³/mol. The van der Waals surface area contributed by atoms with E-state index in [1.165, 1.54) is 10.5 Å². The molecule has 0 aromatic heterocycles. The third-order valence-electron chi connectivity index (χ3n) is 5.22. The first-order valence-electron chi connectivity index (χ1n) is 10.4. The molecule has 3 N–H and O–H groups in total. The minimum absolute atomic E-state index is 0.198. The number of piperidine rings is 1. The lowest BCUT2D eigenvalue weighted by Crippen LogP contribution is -2.46. The van der Waals surface area contributed by atoms with Crippen LogP contribution in [0.25, 0.3) is 0 Å². The summed E-state index contributed by atoms with van der Waals surface area (Å²) in [5.41, 5.74) is 7.52. The van der Waals surface area contributed by atoms with Crippen LogP contribution in [0.15, 0.2) is 23.1 Å². The van der Waals surface area contributed by atoms with Gasteiger partial charge in [-0.15, -0.1) is 11.8 Å². The van der Waals surface area contributed by atoms with E-state index in [4.69, 9.17) is 15.2 Å². The predicted octanol–water partition coefficient (Wildman–Crippen LogP) is 2.26. The summed E-state index contributed by atoms with van der Waals surface area (Å²) in [6.07, 6.45) is 4.13. The van der Waals surface area contributed by atoms with Crippen molar-refractivity contribution in [1.29, 1.82) is 0 Å². The van der Waals surface area contributed by atoms with E-state index in [0.29, 0.717) is 32.4 Å². The summed E-state index contributed by atoms with van der Waals surface area (Å²) in [5, 5.41) is 3.42. The van der Waals surface area contributed by atoms with Crippen LogP contribution in [0.2, 0.25) is 0 Å². The molecule has 1 amide bonds. The summed E-state index contributed by atoms with van der Waals surface area (Å²) in [6, 6.07) is 6.46. The minimum Gasteiger partial charge on any atom is -0.379 e. The Bertz CT molecular complexity index is 623. The molecule has 6 nitrogen and oxygen atoms in total. The molecule has 0 spiro atoms. The summed E-state index contributed by atoms with van der Waals surface area (Å²) in [5.74, 6) is 1.19. The zero-order valence-corrected chi connectivity index (χ0v) is 17.5. The van der Waals surface area contributed by atoms with Crippen LogP contribution in [-0.4, -0.2) is 68.7 Å². The molecule has 1 aromatic carbocycles. The molecule has 0 radical (unpaired) electrons. The molecule has 1 fully saturated rings. The van der Waals surface area contributed by atoms with Crippen molar-refractivity contribution in [3.63, 3.8) is 0 Å². The highest BCUT2D eigenvalue weighted by Gasteiger charge is 2.34. The average molecular weight is 408 g/mol. The van der Waals surface area contributed by atoms with Crippen LogP contribution in [-0.2, 0) is 16.0 Å². The van der Waals surface area contributed by atoms with Gasteiger partial charge in [-0.2, -0.15) is 0 Å². The highest BCUT2D eigenvalue weighted by Crippen LogP contribution is 2.34. The number of ether oxygens (including phenoxy) is 2. The highest BCUT2D eigenvalue weighted by molar-refractivity contribution is 7.99. The fourth-order valence-corrected chi connectivity index (χ4v) is 4.71. The van der Waals surface area contributed by atoms with Crippen molar-refractivity contribution in [2.75, 3.05) is 51.8 Å². The quantitative estimate of drug-likeness (QED) is 0.409. The van der Waals surface area contributed by atoms with E-state index in [0.717, 1.165) is 63.2 Å². The van der Waals surface area contributed by atoms with E-state index in [9.17, 15) is 4.79 Å². The number of hydrogen-bond acceptors (Lipinski definition) is 6. The van der Waals surface area contributed by atoms with Gasteiger partial charge in [-0.25, -0.2) is 0 Å². The Morgan fingerprint density at radius 3 is 2.75 bits per heavy atom. The number of fused-ring (bicyclic) bond motifs is 1. The summed E-state index contributed by atoms with van der Waals surface area (Å²) in [4.78, 5) is 16.1. The Balaban J connectivity index is 1.39. The second-order valence-corrected chi connectivity index (χ2v) is 8.42. The van der Waals surface area contributed by atoms with Gasteiger partial charge in [0.15, 0.2) is 0 Å². The van der Waals surface area contributed by atoms with E-state index >= 15 is 0 Å². The van der Waals surface area contributed by atoms with Gasteiger partial charge in [0, 0.05) is 48.6 Å². The Hall–Kier alpha value is -1.12. The average Bonchev–Trinajstić information content (AvgIpc) is 3.07. The molecule has 2 aliphatic heterocycles. The molecule has 3 rings (SSSR count). The van der Waals surface area contributed by atoms with Gasteiger partial charge in [-0.3, -0.25) is 4.79 Å². The SMILES string of the molecule is NCCCOCCOCCCSc1cccc2c1CN(C1CCCNC1)C2=O. The largest absolute Gasteiger partial charge is 0.379 e. The van der Waals surface area contributed by atoms with Crippen molar-refractivity contribution < 1.29 is 14.3 Å². The van der Waals surface area contributed by atoms with Crippen LogP contribution in [0.3, 0.4) is 0 Å². The van der Waals surface area contributed by atoms with Crippen LogP contribution < -0.4 is 11.1 Å². The van der Waals surface area contributed by atoms with E-state index in [2.05, 4.69) is 16.3 Å². The number of hydrogen-bond donors (Lipinski definition) is 2. The number of thioether (sulfide) groups is 1. The number of carbonyl (C=O) groups is 1. The maximum absolute atomic E-state index is 12.8. The van der Waals surface area contributed by atoms with E-state index in [-0.39, 0.29) is 5.91 Å². The zero-order valence-electron chi connectivity index (χ0n) is 16.7. The van der Waals surface area contributed by atoms with Gasteiger partial charge >= 0.3 is 0 Å². The van der Waals surface area contributed by atoms with E-state index in [1.807, 2.05) is 23.9 Å². The molecule has 2 aliphatic rings. The molecule has 0 bridgehead atoms. The maximum Gasteiger partial charge on any atom is 0.254 e. The Kier molecular flexibility index (Phi) is 9.08. The van der Waals surface area contributed by atoms with E-state index < -0.39 is 0 Å². The summed E-state index contributed by atoms with van der Waals surface area (Å²) in [7, 11) is 0. The number of nitrogens with one attached hydrogen (secondary N) is 1. The fourth-order valence-electron chi connectivity index (χ4n) is 3.71. The lowest BCUT2D eigenvalue weighted by molar-refractivity contribution is 0.0480. The van der Waals surface area contributed by atoms with Gasteiger partial charge in [0.1, 0.15) is 0 Å². The van der Waals surface area contributed by atoms with Crippen molar-refractivity contribution in [2.24, 2.45) is 5.73 Å². The van der Waals surface area contributed by atoms with Crippen molar-refractivity contribution >= 4 is 17.7 Å². The number of benzene rings is 1. The highest BCUT2D eigenvalue weighted by atomic mass is 32.2. The van der Waals surface area contributed by atoms with Gasteiger partial charge < -0.3 is 25.4 Å². The number of nitrogens with two attached hydrogens (primary N) is 1. The first-order valence-corrected chi connectivity index (χ1v) is 11.4. The van der Waals surface area contributed by atoms with Crippen LogP contribution in [0.1, 0.15) is 41.6 Å². The minimum atomic E-state index is 0.198. The molecular formula is C21H33N3O3S. The van der Waals surface area contributed by atoms with Gasteiger partial charge in [0.25, 0.3) is 5.91 Å². The third kappa shape index (κ3) is 5.94. The van der Waals surface area contributed by atoms with Crippen LogP contribution in [0.5, 0.6) is 0 Å². The topological polar surface area (TPSA) is 76.8 Å². The number of carbonyl (C=O) groups excluding carboxylic acids is 1. The van der Waals surface area contributed by atoms with E-state index in [1.54, 1.807) is 0 Å². The summed E-state index contributed by atoms with van der Waals surface area (Å²) >= 11 is 1.83.